The third-order valence-corrected chi connectivity index (χ3v) is 10.2. The van der Waals surface area contributed by atoms with Crippen LogP contribution in [0.25, 0.3) is 5.69 Å². The number of nitrogens with one attached hydrogen (secondary N) is 1. The second kappa shape index (κ2) is 13.7. The lowest BCUT2D eigenvalue weighted by atomic mass is 10.2. The van der Waals surface area contributed by atoms with Gasteiger partial charge in [0.1, 0.15) is 18.1 Å². The molecule has 0 saturated carbocycles. The zero-order chi connectivity index (χ0) is 28.8. The van der Waals surface area contributed by atoms with E-state index < -0.39 is 0 Å². The molecule has 41 heavy (non-hydrogen) atoms. The molecule has 4 aromatic rings. The molecule has 1 aliphatic heterocycles. The summed E-state index contributed by atoms with van der Waals surface area (Å²) in [6.07, 6.45) is 1.65. The molecule has 6 nitrogen and oxygen atoms in total. The molecule has 0 unspecified atom stereocenters. The maximum Gasteiger partial charge on any atom is 0.277 e. The van der Waals surface area contributed by atoms with Crippen LogP contribution in [0.2, 0.25) is 10.0 Å². The van der Waals surface area contributed by atoms with Crippen LogP contribution in [-0.4, -0.2) is 34.8 Å². The Kier molecular flexibility index (Phi) is 9.88. The Morgan fingerprint density at radius 2 is 1.66 bits per heavy atom. The third kappa shape index (κ3) is 7.63. The lowest BCUT2D eigenvalue weighted by Gasteiger charge is -2.12. The van der Waals surface area contributed by atoms with Crippen molar-refractivity contribution in [3.63, 3.8) is 0 Å². The molecule has 3 aromatic carbocycles. The van der Waals surface area contributed by atoms with E-state index >= 15 is 0 Å². The van der Waals surface area contributed by atoms with Crippen molar-refractivity contribution >= 4 is 58.8 Å². The van der Waals surface area contributed by atoms with Crippen LogP contribution in [0.1, 0.15) is 32.7 Å². The highest BCUT2D eigenvalue weighted by atomic mass is 35.5. The van der Waals surface area contributed by atoms with Crippen molar-refractivity contribution in [1.29, 1.82) is 0 Å². The lowest BCUT2D eigenvalue weighted by molar-refractivity contribution is -0.123. The number of hydrogen-bond acceptors (Lipinski definition) is 6. The van der Waals surface area contributed by atoms with Gasteiger partial charge in [0.2, 0.25) is 0 Å². The van der Waals surface area contributed by atoms with E-state index in [0.29, 0.717) is 27.0 Å². The van der Waals surface area contributed by atoms with E-state index in [0.717, 1.165) is 34.0 Å². The topological polar surface area (TPSA) is 64.8 Å². The molecule has 1 N–H and O–H groups in total. The molecule has 0 bridgehead atoms. The fourth-order valence-electron chi connectivity index (χ4n) is 4.43. The Morgan fingerprint density at radius 1 is 0.976 bits per heavy atom. The van der Waals surface area contributed by atoms with Crippen LogP contribution in [0.4, 0.5) is 0 Å². The standard InChI is InChI=1S/C31H29Cl2N3O3S2/c1-20-15-24(17-34-35-30(37)19-39-27-9-4-22(5-10-27)31-40-13-14-41-31)21(2)36(20)26-7-11-28(12-8-26)38-18-23-3-6-25(32)16-29(23)33/h3-12,15-17,31H,13-14,18-19H2,1-2H3,(H,35,37)/b34-17-. The summed E-state index contributed by atoms with van der Waals surface area (Å²) in [7, 11) is 0. The number of carbonyl (C=O) groups excluding carboxylic acids is 1. The third-order valence-electron chi connectivity index (χ3n) is 6.51. The number of benzene rings is 3. The van der Waals surface area contributed by atoms with Gasteiger partial charge in [0, 0.05) is 49.8 Å². The van der Waals surface area contributed by atoms with E-state index in [9.17, 15) is 4.79 Å². The van der Waals surface area contributed by atoms with Gasteiger partial charge in [-0.15, -0.1) is 23.5 Å². The van der Waals surface area contributed by atoms with Gasteiger partial charge in [-0.25, -0.2) is 5.43 Å². The quantitative estimate of drug-likeness (QED) is 0.143. The highest BCUT2D eigenvalue weighted by Gasteiger charge is 2.18. The number of ether oxygens (including phenoxy) is 2. The average Bonchev–Trinajstić information content (AvgIpc) is 3.60. The highest BCUT2D eigenvalue weighted by Crippen LogP contribution is 2.45. The largest absolute Gasteiger partial charge is 0.489 e. The molecule has 0 aliphatic carbocycles. The molecule has 0 spiro atoms. The number of rotatable bonds is 10. The van der Waals surface area contributed by atoms with Crippen molar-refractivity contribution in [1.82, 2.24) is 9.99 Å². The first-order chi connectivity index (χ1) is 19.9. The predicted molar refractivity (Wildman–Crippen MR) is 171 cm³/mol. The summed E-state index contributed by atoms with van der Waals surface area (Å²) in [4.78, 5) is 12.3. The second-order valence-electron chi connectivity index (χ2n) is 9.40. The molecular formula is C31H29Cl2N3O3S2. The second-order valence-corrected chi connectivity index (χ2v) is 13.0. The van der Waals surface area contributed by atoms with Crippen LogP contribution in [0.15, 0.2) is 77.9 Å². The lowest BCUT2D eigenvalue weighted by Crippen LogP contribution is -2.24. The minimum atomic E-state index is -0.323. The van der Waals surface area contributed by atoms with Gasteiger partial charge in [0.05, 0.1) is 10.8 Å². The molecule has 0 atom stereocenters. The van der Waals surface area contributed by atoms with Crippen molar-refractivity contribution < 1.29 is 14.3 Å². The molecule has 0 radical (unpaired) electrons. The van der Waals surface area contributed by atoms with E-state index in [2.05, 4.69) is 27.2 Å². The molecule has 5 rings (SSSR count). The molecule has 2 heterocycles. The predicted octanol–water partition coefficient (Wildman–Crippen LogP) is 7.99. The number of carbonyl (C=O) groups is 1. The summed E-state index contributed by atoms with van der Waals surface area (Å²) in [6.45, 7) is 4.28. The van der Waals surface area contributed by atoms with Crippen molar-refractivity contribution in [3.8, 4) is 17.2 Å². The first-order valence-electron chi connectivity index (χ1n) is 13.0. The van der Waals surface area contributed by atoms with Gasteiger partial charge in [0.25, 0.3) is 5.91 Å². The number of halogens is 2. The van der Waals surface area contributed by atoms with E-state index in [4.69, 9.17) is 32.7 Å². The molecule has 212 valence electrons. The Balaban J connectivity index is 1.13. The number of amides is 1. The number of hydrazone groups is 1. The van der Waals surface area contributed by atoms with Crippen LogP contribution in [0.3, 0.4) is 0 Å². The fraction of sp³-hybridized carbons (Fsp3) is 0.226. The van der Waals surface area contributed by atoms with Gasteiger partial charge in [-0.2, -0.15) is 5.10 Å². The number of thioether (sulfide) groups is 2. The molecule has 1 amide bonds. The number of aryl methyl sites for hydroxylation is 1. The fourth-order valence-corrected chi connectivity index (χ4v) is 7.76. The van der Waals surface area contributed by atoms with Gasteiger partial charge in [-0.3, -0.25) is 4.79 Å². The number of nitrogens with zero attached hydrogens (tertiary/aromatic N) is 2. The van der Waals surface area contributed by atoms with Crippen LogP contribution < -0.4 is 14.9 Å². The first kappa shape index (κ1) is 29.5. The van der Waals surface area contributed by atoms with Crippen molar-refractivity contribution in [3.05, 3.63) is 111 Å². The molecule has 1 aromatic heterocycles. The Labute approximate surface area is 258 Å². The zero-order valence-electron chi connectivity index (χ0n) is 22.6. The molecule has 1 aliphatic rings. The SMILES string of the molecule is Cc1cc(/C=N\NC(=O)COc2ccc(C3SCCS3)cc2)c(C)n1-c1ccc(OCc2ccc(Cl)cc2Cl)cc1. The summed E-state index contributed by atoms with van der Waals surface area (Å²) >= 11 is 16.1. The van der Waals surface area contributed by atoms with Crippen LogP contribution in [0.5, 0.6) is 11.5 Å². The molecule has 1 fully saturated rings. The number of aromatic nitrogens is 1. The van der Waals surface area contributed by atoms with E-state index in [-0.39, 0.29) is 12.5 Å². The molecular weight excluding hydrogens is 597 g/mol. The van der Waals surface area contributed by atoms with Gasteiger partial charge in [-0.05, 0) is 74.0 Å². The summed E-state index contributed by atoms with van der Waals surface area (Å²) in [5.41, 5.74) is 8.63. The monoisotopic (exact) mass is 625 g/mol. The van der Waals surface area contributed by atoms with Gasteiger partial charge >= 0.3 is 0 Å². The smallest absolute Gasteiger partial charge is 0.277 e. The van der Waals surface area contributed by atoms with Gasteiger partial charge in [-0.1, -0.05) is 41.4 Å². The van der Waals surface area contributed by atoms with Gasteiger partial charge in [0.15, 0.2) is 6.61 Å². The minimum absolute atomic E-state index is 0.110. The Bertz CT molecular complexity index is 1530. The zero-order valence-corrected chi connectivity index (χ0v) is 25.7. The summed E-state index contributed by atoms with van der Waals surface area (Å²) in [5, 5.41) is 5.32. The van der Waals surface area contributed by atoms with Crippen molar-refractivity contribution in [2.75, 3.05) is 18.1 Å². The van der Waals surface area contributed by atoms with Gasteiger partial charge < -0.3 is 14.0 Å². The normalized spacial score (nSPS) is 13.6. The number of hydrogen-bond donors (Lipinski definition) is 1. The van der Waals surface area contributed by atoms with Crippen LogP contribution in [0, 0.1) is 13.8 Å². The summed E-state index contributed by atoms with van der Waals surface area (Å²) < 4.78 is 14.2. The minimum Gasteiger partial charge on any atom is -0.489 e. The van der Waals surface area contributed by atoms with Crippen molar-refractivity contribution in [2.45, 2.75) is 25.0 Å². The molecule has 1 saturated heterocycles. The van der Waals surface area contributed by atoms with Crippen molar-refractivity contribution in [2.24, 2.45) is 5.10 Å². The average molecular weight is 627 g/mol. The maximum absolute atomic E-state index is 12.3. The molecule has 10 heteroatoms. The van der Waals surface area contributed by atoms with E-state index in [1.807, 2.05) is 85.9 Å². The Morgan fingerprint density at radius 3 is 2.37 bits per heavy atom. The van der Waals surface area contributed by atoms with Crippen LogP contribution >= 0.6 is 46.7 Å². The Hall–Kier alpha value is -3.04. The van der Waals surface area contributed by atoms with E-state index in [1.165, 1.54) is 17.1 Å². The summed E-state index contributed by atoms with van der Waals surface area (Å²) in [6, 6.07) is 23.2. The van der Waals surface area contributed by atoms with E-state index in [1.54, 1.807) is 18.3 Å². The highest BCUT2D eigenvalue weighted by molar-refractivity contribution is 8.19. The maximum atomic E-state index is 12.3. The summed E-state index contributed by atoms with van der Waals surface area (Å²) in [5.74, 6) is 3.44. The van der Waals surface area contributed by atoms with Crippen LogP contribution in [-0.2, 0) is 11.4 Å². The first-order valence-corrected chi connectivity index (χ1v) is 15.9.